The van der Waals surface area contributed by atoms with Crippen molar-refractivity contribution in [2.75, 3.05) is 0 Å². The minimum Gasteiger partial charge on any atom is -0.288 e. The second kappa shape index (κ2) is 5.94. The second-order valence-electron chi connectivity index (χ2n) is 7.31. The van der Waals surface area contributed by atoms with Gasteiger partial charge in [0.05, 0.1) is 21.8 Å². The Morgan fingerprint density at radius 3 is 1.73 bits per heavy atom. The van der Waals surface area contributed by atoms with Crippen molar-refractivity contribution >= 4 is 55.0 Å². The molecule has 0 N–H and O–H groups in total. The summed E-state index contributed by atoms with van der Waals surface area (Å²) in [5.41, 5.74) is 0.779. The van der Waals surface area contributed by atoms with Gasteiger partial charge in [0.25, 0.3) is 0 Å². The first-order chi connectivity index (χ1) is 14.6. The lowest BCUT2D eigenvalue weighted by Gasteiger charge is -2.08. The van der Waals surface area contributed by atoms with Gasteiger partial charge >= 0.3 is 0 Å². The van der Waals surface area contributed by atoms with Crippen LogP contribution in [0, 0.1) is 5.82 Å². The number of fused-ring (bicyclic) bond motifs is 6. The molecule has 0 radical (unpaired) electrons. The third-order valence-electron chi connectivity index (χ3n) is 5.70. The molecule has 0 aliphatic carbocycles. The van der Waals surface area contributed by atoms with Gasteiger partial charge in [-0.1, -0.05) is 60.1 Å². The van der Waals surface area contributed by atoms with Crippen molar-refractivity contribution in [3.63, 3.8) is 0 Å². The van der Waals surface area contributed by atoms with E-state index in [0.29, 0.717) is 37.6 Å². The summed E-state index contributed by atoms with van der Waals surface area (Å²) in [6.45, 7) is 0. The smallest absolute Gasteiger partial charge is 0.196 e. The first-order valence-electron chi connectivity index (χ1n) is 9.38. The summed E-state index contributed by atoms with van der Waals surface area (Å²) in [4.78, 5) is 31.5. The van der Waals surface area contributed by atoms with E-state index in [1.165, 1.54) is 18.2 Å². The van der Waals surface area contributed by atoms with Crippen molar-refractivity contribution in [3.8, 4) is 11.1 Å². The quantitative estimate of drug-likeness (QED) is 0.346. The fourth-order valence-electron chi connectivity index (χ4n) is 4.42. The summed E-state index contributed by atoms with van der Waals surface area (Å²) >= 11 is 6.17. The van der Waals surface area contributed by atoms with Crippen molar-refractivity contribution in [1.29, 1.82) is 0 Å². The molecule has 6 rings (SSSR count). The Morgan fingerprint density at radius 1 is 0.700 bits per heavy atom. The van der Waals surface area contributed by atoms with Crippen molar-refractivity contribution < 1.29 is 4.39 Å². The normalized spacial score (nSPS) is 11.9. The van der Waals surface area contributed by atoms with Gasteiger partial charge < -0.3 is 0 Å². The maximum atomic E-state index is 15.0. The van der Waals surface area contributed by atoms with Crippen molar-refractivity contribution in [1.82, 2.24) is 4.98 Å². The van der Waals surface area contributed by atoms with Crippen LogP contribution in [0.3, 0.4) is 0 Å². The number of halogens is 2. The Labute approximate surface area is 173 Å². The van der Waals surface area contributed by atoms with E-state index < -0.39 is 5.82 Å². The van der Waals surface area contributed by atoms with E-state index in [1.54, 1.807) is 24.3 Å². The minimum absolute atomic E-state index is 0.125. The first-order valence-corrected chi connectivity index (χ1v) is 9.75. The molecular weight excluding hydrogens is 401 g/mol. The molecule has 30 heavy (non-hydrogen) atoms. The molecule has 0 saturated heterocycles. The SMILES string of the molecule is O=c1c2ccccc2c2nc3c(c(-c4cc(Cl)ccc4F)c12)c(=O)c1ccccc13. The molecule has 0 fully saturated rings. The van der Waals surface area contributed by atoms with E-state index in [1.807, 2.05) is 24.3 Å². The molecule has 0 amide bonds. The average molecular weight is 412 g/mol. The minimum atomic E-state index is -0.553. The van der Waals surface area contributed by atoms with Crippen LogP contribution in [0.25, 0.3) is 54.5 Å². The predicted octanol–water partition coefficient (Wildman–Crippen LogP) is 5.75. The molecule has 0 unspecified atom stereocenters. The first kappa shape index (κ1) is 17.2. The highest BCUT2D eigenvalue weighted by molar-refractivity contribution is 6.31. The van der Waals surface area contributed by atoms with Crippen LogP contribution in [0.4, 0.5) is 4.39 Å². The summed E-state index contributed by atoms with van der Waals surface area (Å²) in [5, 5.41) is 3.16. The number of rotatable bonds is 1. The molecule has 142 valence electrons. The summed E-state index contributed by atoms with van der Waals surface area (Å²) in [7, 11) is 0. The van der Waals surface area contributed by atoms with Crippen molar-refractivity contribution in [2.24, 2.45) is 0 Å². The molecule has 3 nitrogen and oxygen atoms in total. The molecule has 6 aromatic rings. The van der Waals surface area contributed by atoms with Gasteiger partial charge in [-0.2, -0.15) is 0 Å². The largest absolute Gasteiger partial charge is 0.288 e. The van der Waals surface area contributed by atoms with Crippen LogP contribution in [0.2, 0.25) is 5.02 Å². The molecule has 0 saturated carbocycles. The van der Waals surface area contributed by atoms with Gasteiger partial charge in [0.2, 0.25) is 0 Å². The maximum Gasteiger partial charge on any atom is 0.196 e. The molecule has 5 aromatic carbocycles. The monoisotopic (exact) mass is 411 g/mol. The molecule has 1 aromatic heterocycles. The van der Waals surface area contributed by atoms with Gasteiger partial charge in [-0.3, -0.25) is 9.59 Å². The summed E-state index contributed by atoms with van der Waals surface area (Å²) in [6, 6.07) is 18.4. The van der Waals surface area contributed by atoms with Crippen molar-refractivity contribution in [3.05, 3.63) is 98.0 Å². The average Bonchev–Trinajstić information content (AvgIpc) is 3.22. The molecular formula is C25H11ClFNO2. The van der Waals surface area contributed by atoms with Crippen LogP contribution in [0.15, 0.2) is 76.3 Å². The molecule has 0 aliphatic rings. The molecule has 0 atom stereocenters. The standard InChI is InChI=1S/C25H11ClFNO2/c26-12-9-10-18(27)17(11-12)19-20-22(13-5-1-3-7-15(13)24(20)29)28-23-14-6-2-4-8-16(14)25(30)21(19)23/h1-11H. The van der Waals surface area contributed by atoms with E-state index in [2.05, 4.69) is 0 Å². The lowest BCUT2D eigenvalue weighted by Crippen LogP contribution is -2.03. The molecule has 5 heteroatoms. The van der Waals surface area contributed by atoms with Gasteiger partial charge in [-0.05, 0) is 18.2 Å². The Balaban J connectivity index is 2.01. The van der Waals surface area contributed by atoms with Crippen molar-refractivity contribution in [2.45, 2.75) is 0 Å². The van der Waals surface area contributed by atoms with Gasteiger partial charge in [0.1, 0.15) is 5.82 Å². The zero-order valence-electron chi connectivity index (χ0n) is 15.4. The maximum absolute atomic E-state index is 15.0. The highest BCUT2D eigenvalue weighted by Gasteiger charge is 2.25. The highest BCUT2D eigenvalue weighted by atomic mass is 35.5. The number of hydrogen-bond acceptors (Lipinski definition) is 3. The van der Waals surface area contributed by atoms with Crippen LogP contribution in [-0.2, 0) is 0 Å². The van der Waals surface area contributed by atoms with Crippen LogP contribution in [0.1, 0.15) is 0 Å². The van der Waals surface area contributed by atoms with E-state index in [4.69, 9.17) is 16.6 Å². The van der Waals surface area contributed by atoms with Gasteiger partial charge in [0, 0.05) is 37.7 Å². The Bertz CT molecular complexity index is 1660. The lowest BCUT2D eigenvalue weighted by molar-refractivity contribution is 0.631. The topological polar surface area (TPSA) is 47.0 Å². The van der Waals surface area contributed by atoms with E-state index >= 15 is 4.39 Å². The summed E-state index contributed by atoms with van der Waals surface area (Å²) in [5.74, 6) is -0.553. The van der Waals surface area contributed by atoms with E-state index in [9.17, 15) is 9.59 Å². The van der Waals surface area contributed by atoms with Crippen LogP contribution in [0.5, 0.6) is 0 Å². The van der Waals surface area contributed by atoms with Crippen LogP contribution in [-0.4, -0.2) is 4.98 Å². The molecule has 0 spiro atoms. The van der Waals surface area contributed by atoms with Crippen LogP contribution >= 0.6 is 11.6 Å². The zero-order valence-corrected chi connectivity index (χ0v) is 16.1. The predicted molar refractivity (Wildman–Crippen MR) is 120 cm³/mol. The number of hydrogen-bond donors (Lipinski definition) is 0. The molecule has 0 bridgehead atoms. The zero-order chi connectivity index (χ0) is 20.6. The fraction of sp³-hybridized carbons (Fsp3) is 0. The summed E-state index contributed by atoms with van der Waals surface area (Å²) in [6.07, 6.45) is 0. The number of aromatic nitrogens is 1. The van der Waals surface area contributed by atoms with E-state index in [0.717, 1.165) is 0 Å². The van der Waals surface area contributed by atoms with E-state index in [-0.39, 0.29) is 32.8 Å². The van der Waals surface area contributed by atoms with Gasteiger partial charge in [0.15, 0.2) is 10.9 Å². The highest BCUT2D eigenvalue weighted by Crippen LogP contribution is 2.39. The Hall–Kier alpha value is -3.63. The van der Waals surface area contributed by atoms with Crippen LogP contribution < -0.4 is 10.9 Å². The third-order valence-corrected chi connectivity index (χ3v) is 5.94. The fourth-order valence-corrected chi connectivity index (χ4v) is 4.59. The second-order valence-corrected chi connectivity index (χ2v) is 7.74. The third kappa shape index (κ3) is 2.11. The summed E-state index contributed by atoms with van der Waals surface area (Å²) < 4.78 is 15.0. The molecule has 0 aliphatic heterocycles. The van der Waals surface area contributed by atoms with Gasteiger partial charge in [-0.25, -0.2) is 9.37 Å². The Morgan fingerprint density at radius 2 is 1.20 bits per heavy atom. The number of nitrogens with zero attached hydrogens (tertiary/aromatic N) is 1. The lowest BCUT2D eigenvalue weighted by atomic mass is 9.98. The number of pyridine rings is 1. The Kier molecular flexibility index (Phi) is 3.41. The van der Waals surface area contributed by atoms with Gasteiger partial charge in [-0.15, -0.1) is 0 Å². The number of benzene rings is 3. The molecule has 1 heterocycles.